The summed E-state index contributed by atoms with van der Waals surface area (Å²) in [6.07, 6.45) is 3.14. The quantitative estimate of drug-likeness (QED) is 0.817. The van der Waals surface area contributed by atoms with Crippen LogP contribution in [0.5, 0.6) is 0 Å². The van der Waals surface area contributed by atoms with Gasteiger partial charge in [0.25, 0.3) is 0 Å². The van der Waals surface area contributed by atoms with Crippen LogP contribution < -0.4 is 0 Å². The van der Waals surface area contributed by atoms with Gasteiger partial charge in [0.15, 0.2) is 0 Å². The minimum atomic E-state index is -0.926. The molecule has 0 unspecified atom stereocenters. The minimum Gasteiger partial charge on any atom is -0.481 e. The smallest absolute Gasteiger partial charge is 0.307 e. The van der Waals surface area contributed by atoms with E-state index in [0.717, 1.165) is 5.56 Å². The van der Waals surface area contributed by atoms with E-state index in [2.05, 4.69) is 5.10 Å². The van der Waals surface area contributed by atoms with Gasteiger partial charge < -0.3 is 10.0 Å². The van der Waals surface area contributed by atoms with Crippen molar-refractivity contribution in [1.29, 1.82) is 0 Å². The molecule has 2 fully saturated rings. The third kappa shape index (κ3) is 3.47. The second-order valence-electron chi connectivity index (χ2n) is 8.27. The zero-order valence-corrected chi connectivity index (χ0v) is 15.7. The summed E-state index contributed by atoms with van der Waals surface area (Å²) in [5.74, 6) is -2.23. The van der Waals surface area contributed by atoms with Crippen LogP contribution in [0.2, 0.25) is 0 Å². The predicted molar refractivity (Wildman–Crippen MR) is 93.0 cm³/mol. The molecule has 1 aliphatic carbocycles. The zero-order chi connectivity index (χ0) is 19.2. The first-order valence-electron chi connectivity index (χ1n) is 8.94. The highest BCUT2D eigenvalue weighted by atomic mass is 19.1. The van der Waals surface area contributed by atoms with Gasteiger partial charge in [0.1, 0.15) is 6.17 Å². The van der Waals surface area contributed by atoms with E-state index in [1.165, 1.54) is 0 Å². The van der Waals surface area contributed by atoms with Crippen molar-refractivity contribution in [2.75, 3.05) is 20.1 Å². The highest BCUT2D eigenvalue weighted by Gasteiger charge is 2.66. The van der Waals surface area contributed by atoms with Crippen LogP contribution in [0.4, 0.5) is 4.39 Å². The average Bonchev–Trinajstić information content (AvgIpc) is 2.81. The van der Waals surface area contributed by atoms with E-state index < -0.39 is 29.4 Å². The summed E-state index contributed by atoms with van der Waals surface area (Å²) in [6.45, 7) is 4.95. The lowest BCUT2D eigenvalue weighted by molar-refractivity contribution is -0.141. The van der Waals surface area contributed by atoms with Gasteiger partial charge in [-0.15, -0.1) is 0 Å². The maximum atomic E-state index is 14.0. The van der Waals surface area contributed by atoms with Gasteiger partial charge in [-0.1, -0.05) is 13.8 Å². The fourth-order valence-corrected chi connectivity index (χ4v) is 4.30. The second-order valence-corrected chi connectivity index (χ2v) is 8.27. The van der Waals surface area contributed by atoms with Crippen molar-refractivity contribution in [3.8, 4) is 0 Å². The van der Waals surface area contributed by atoms with Crippen molar-refractivity contribution in [3.63, 3.8) is 0 Å². The van der Waals surface area contributed by atoms with Crippen LogP contribution in [-0.2, 0) is 23.2 Å². The Hall–Kier alpha value is -1.96. The molecule has 1 aliphatic heterocycles. The highest BCUT2D eigenvalue weighted by molar-refractivity contribution is 5.91. The second kappa shape index (κ2) is 6.64. The lowest BCUT2D eigenvalue weighted by Gasteiger charge is -2.28. The van der Waals surface area contributed by atoms with E-state index in [1.807, 2.05) is 32.0 Å². The SMILES string of the molecule is CN(C[C@@H]1C[C@H](F)CN1Cc1cnn(C)c1)C(=O)[C@@H]1[C@H](C(=O)O)C1(C)C. The highest BCUT2D eigenvalue weighted by Crippen LogP contribution is 2.58. The summed E-state index contributed by atoms with van der Waals surface area (Å²) in [7, 11) is 3.52. The number of likely N-dealkylation sites (N-methyl/N-ethyl adjacent to an activating group) is 1. The lowest BCUT2D eigenvalue weighted by atomic mass is 10.1. The molecule has 1 aromatic heterocycles. The summed E-state index contributed by atoms with van der Waals surface area (Å²) in [5.41, 5.74) is 0.486. The maximum absolute atomic E-state index is 14.0. The Morgan fingerprint density at radius 1 is 1.42 bits per heavy atom. The number of nitrogens with zero attached hydrogens (tertiary/aromatic N) is 4. The monoisotopic (exact) mass is 366 g/mol. The summed E-state index contributed by atoms with van der Waals surface area (Å²) in [4.78, 5) is 27.7. The van der Waals surface area contributed by atoms with Gasteiger partial charge in [-0.2, -0.15) is 5.10 Å². The number of aliphatic carboxylic acids is 1. The van der Waals surface area contributed by atoms with Crippen molar-refractivity contribution < 1.29 is 19.1 Å². The van der Waals surface area contributed by atoms with Crippen molar-refractivity contribution >= 4 is 11.9 Å². The normalized spacial score (nSPS) is 30.3. The number of halogens is 1. The number of aromatic nitrogens is 2. The van der Waals surface area contributed by atoms with Crippen molar-refractivity contribution in [2.45, 2.75) is 39.0 Å². The number of aryl methyl sites for hydroxylation is 1. The largest absolute Gasteiger partial charge is 0.481 e. The number of hydrogen-bond donors (Lipinski definition) is 1. The summed E-state index contributed by atoms with van der Waals surface area (Å²) in [5, 5.41) is 13.4. The number of likely N-dealkylation sites (tertiary alicyclic amines) is 1. The van der Waals surface area contributed by atoms with E-state index in [0.29, 0.717) is 26.1 Å². The van der Waals surface area contributed by atoms with Crippen molar-refractivity contribution in [1.82, 2.24) is 19.6 Å². The molecular weight excluding hydrogens is 339 g/mol. The molecule has 2 aliphatic rings. The van der Waals surface area contributed by atoms with Gasteiger partial charge in [0, 0.05) is 51.5 Å². The molecule has 1 saturated heterocycles. The molecule has 8 heteroatoms. The average molecular weight is 366 g/mol. The molecule has 0 spiro atoms. The standard InChI is InChI=1S/C18H27FN4O3/c1-18(2)14(15(18)17(25)26)16(24)21(3)10-13-5-12(19)9-23(13)8-11-6-20-22(4)7-11/h6-7,12-15H,5,8-10H2,1-4H3,(H,25,26)/t12-,13-,14-,15+/m0/s1. The summed E-state index contributed by atoms with van der Waals surface area (Å²) >= 11 is 0. The predicted octanol–water partition coefficient (Wildman–Crippen LogP) is 1.15. The van der Waals surface area contributed by atoms with Crippen molar-refractivity contribution in [3.05, 3.63) is 18.0 Å². The Balaban J connectivity index is 1.63. The number of carbonyl (C=O) groups is 2. The van der Waals surface area contributed by atoms with Gasteiger partial charge in [-0.05, 0) is 11.8 Å². The molecular formula is C18H27FN4O3. The molecule has 1 N–H and O–H groups in total. The molecule has 4 atom stereocenters. The van der Waals surface area contributed by atoms with Gasteiger partial charge in [0.2, 0.25) is 5.91 Å². The molecule has 0 aromatic carbocycles. The van der Waals surface area contributed by atoms with Crippen LogP contribution in [0.25, 0.3) is 0 Å². The van der Waals surface area contributed by atoms with Crippen LogP contribution in [0.3, 0.4) is 0 Å². The Kier molecular flexibility index (Phi) is 4.81. The van der Waals surface area contributed by atoms with Gasteiger partial charge in [-0.25, -0.2) is 4.39 Å². The van der Waals surface area contributed by atoms with Gasteiger partial charge >= 0.3 is 5.97 Å². The molecule has 1 aromatic rings. The number of alkyl halides is 1. The first-order valence-corrected chi connectivity index (χ1v) is 8.94. The Morgan fingerprint density at radius 2 is 2.12 bits per heavy atom. The fourth-order valence-electron chi connectivity index (χ4n) is 4.30. The fraction of sp³-hybridized carbons (Fsp3) is 0.722. The lowest BCUT2D eigenvalue weighted by Crippen LogP contribution is -2.42. The molecule has 1 saturated carbocycles. The molecule has 1 amide bonds. The van der Waals surface area contributed by atoms with Crippen LogP contribution in [0.15, 0.2) is 12.4 Å². The number of carbonyl (C=O) groups excluding carboxylic acids is 1. The Bertz CT molecular complexity index is 704. The van der Waals surface area contributed by atoms with Gasteiger partial charge in [-0.3, -0.25) is 19.2 Å². The van der Waals surface area contributed by atoms with Crippen molar-refractivity contribution in [2.24, 2.45) is 24.3 Å². The van der Waals surface area contributed by atoms with Crippen LogP contribution in [0.1, 0.15) is 25.8 Å². The van der Waals surface area contributed by atoms with Crippen LogP contribution in [0, 0.1) is 17.3 Å². The number of carboxylic acid groups (broad SMARTS) is 1. The summed E-state index contributed by atoms with van der Waals surface area (Å²) in [6, 6.07) is -0.0794. The Morgan fingerprint density at radius 3 is 2.65 bits per heavy atom. The van der Waals surface area contributed by atoms with E-state index in [-0.39, 0.29) is 11.9 Å². The van der Waals surface area contributed by atoms with E-state index in [1.54, 1.807) is 22.8 Å². The molecule has 144 valence electrons. The third-order valence-corrected chi connectivity index (χ3v) is 5.84. The first-order chi connectivity index (χ1) is 12.1. The third-order valence-electron chi connectivity index (χ3n) is 5.84. The molecule has 0 bridgehead atoms. The first kappa shape index (κ1) is 18.8. The van der Waals surface area contributed by atoms with E-state index >= 15 is 0 Å². The summed E-state index contributed by atoms with van der Waals surface area (Å²) < 4.78 is 15.7. The van der Waals surface area contributed by atoms with E-state index in [9.17, 15) is 19.1 Å². The van der Waals surface area contributed by atoms with Crippen LogP contribution >= 0.6 is 0 Å². The molecule has 3 rings (SSSR count). The molecule has 0 radical (unpaired) electrons. The number of hydrogen-bond acceptors (Lipinski definition) is 4. The number of amides is 1. The van der Waals surface area contributed by atoms with Crippen LogP contribution in [-0.4, -0.2) is 68.9 Å². The van der Waals surface area contributed by atoms with Gasteiger partial charge in [0.05, 0.1) is 18.0 Å². The maximum Gasteiger partial charge on any atom is 0.307 e. The topological polar surface area (TPSA) is 78.7 Å². The van der Waals surface area contributed by atoms with E-state index in [4.69, 9.17) is 0 Å². The molecule has 26 heavy (non-hydrogen) atoms. The number of carboxylic acids is 1. The zero-order valence-electron chi connectivity index (χ0n) is 15.7. The minimum absolute atomic E-state index is 0.0794. The number of rotatable bonds is 6. The molecule has 7 nitrogen and oxygen atoms in total. The Labute approximate surface area is 152 Å². The molecule has 2 heterocycles.